The van der Waals surface area contributed by atoms with E-state index in [1.807, 2.05) is 50.8 Å². The minimum Gasteiger partial charge on any atom is -0.331 e. The molecule has 0 saturated heterocycles. The summed E-state index contributed by atoms with van der Waals surface area (Å²) < 4.78 is 0. The summed E-state index contributed by atoms with van der Waals surface area (Å²) in [6, 6.07) is 5.92. The fourth-order valence-corrected chi connectivity index (χ4v) is 1.51. The molecule has 0 atom stereocenters. The lowest BCUT2D eigenvalue weighted by atomic mass is 10.2. The molecule has 0 aromatic carbocycles. The van der Waals surface area contributed by atoms with Crippen molar-refractivity contribution >= 4 is 5.91 Å². The minimum absolute atomic E-state index is 0.0469. The van der Waals surface area contributed by atoms with Gasteiger partial charge in [-0.3, -0.25) is 9.78 Å². The van der Waals surface area contributed by atoms with E-state index in [0.29, 0.717) is 6.54 Å². The highest BCUT2D eigenvalue weighted by Gasteiger charge is 2.15. The maximum Gasteiger partial charge on any atom is 0.247 e. The van der Waals surface area contributed by atoms with Gasteiger partial charge in [-0.1, -0.05) is 11.6 Å². The molecule has 1 rings (SSSR count). The van der Waals surface area contributed by atoms with Gasteiger partial charge in [0, 0.05) is 18.3 Å². The molecule has 0 saturated carbocycles. The van der Waals surface area contributed by atoms with Crippen LogP contribution in [0.25, 0.3) is 0 Å². The summed E-state index contributed by atoms with van der Waals surface area (Å²) in [6.07, 6.45) is 3.42. The zero-order valence-corrected chi connectivity index (χ0v) is 11.0. The van der Waals surface area contributed by atoms with E-state index in [1.54, 1.807) is 12.3 Å². The van der Waals surface area contributed by atoms with E-state index in [2.05, 4.69) is 4.98 Å². The predicted molar refractivity (Wildman–Crippen MR) is 69.4 cm³/mol. The topological polar surface area (TPSA) is 33.2 Å². The summed E-state index contributed by atoms with van der Waals surface area (Å²) in [4.78, 5) is 18.1. The number of nitrogens with zero attached hydrogens (tertiary/aromatic N) is 2. The molecule has 3 nitrogen and oxygen atoms in total. The van der Waals surface area contributed by atoms with Crippen LogP contribution in [0, 0.1) is 0 Å². The van der Waals surface area contributed by atoms with E-state index < -0.39 is 0 Å². The Morgan fingerprint density at radius 2 is 2.12 bits per heavy atom. The van der Waals surface area contributed by atoms with Gasteiger partial charge in [-0.2, -0.15) is 0 Å². The van der Waals surface area contributed by atoms with Crippen molar-refractivity contribution in [3.8, 4) is 0 Å². The average molecular weight is 232 g/mol. The quantitative estimate of drug-likeness (QED) is 0.748. The van der Waals surface area contributed by atoms with Crippen LogP contribution in [0.3, 0.4) is 0 Å². The first kappa shape index (κ1) is 13.4. The Labute approximate surface area is 103 Å². The second-order valence-electron chi connectivity index (χ2n) is 4.60. The maximum absolute atomic E-state index is 12.0. The second kappa shape index (κ2) is 6.18. The number of rotatable bonds is 4. The van der Waals surface area contributed by atoms with Crippen LogP contribution in [-0.4, -0.2) is 21.8 Å². The fraction of sp³-hybridized carbons (Fsp3) is 0.429. The molecule has 0 aliphatic rings. The molecule has 0 aliphatic heterocycles. The third-order valence-electron chi connectivity index (χ3n) is 2.38. The molecular weight excluding hydrogens is 212 g/mol. The van der Waals surface area contributed by atoms with Crippen LogP contribution in [-0.2, 0) is 11.3 Å². The van der Waals surface area contributed by atoms with Crippen LogP contribution in [0.2, 0.25) is 0 Å². The van der Waals surface area contributed by atoms with Crippen molar-refractivity contribution in [2.24, 2.45) is 0 Å². The largest absolute Gasteiger partial charge is 0.331 e. The van der Waals surface area contributed by atoms with Crippen LogP contribution in [0.15, 0.2) is 36.0 Å². The molecule has 0 radical (unpaired) electrons. The highest BCUT2D eigenvalue weighted by molar-refractivity contribution is 5.88. The van der Waals surface area contributed by atoms with E-state index in [4.69, 9.17) is 0 Å². The van der Waals surface area contributed by atoms with E-state index >= 15 is 0 Å². The van der Waals surface area contributed by atoms with Crippen LogP contribution in [0.4, 0.5) is 0 Å². The third kappa shape index (κ3) is 4.39. The lowest BCUT2D eigenvalue weighted by Crippen LogP contribution is -2.35. The van der Waals surface area contributed by atoms with Crippen LogP contribution in [0.5, 0.6) is 0 Å². The molecule has 0 bridgehead atoms. The fourth-order valence-electron chi connectivity index (χ4n) is 1.51. The molecule has 1 aromatic rings. The minimum atomic E-state index is 0.0469. The number of carbonyl (C=O) groups is 1. The van der Waals surface area contributed by atoms with Crippen molar-refractivity contribution < 1.29 is 4.79 Å². The Kier molecular flexibility index (Phi) is 4.88. The molecule has 92 valence electrons. The first-order chi connectivity index (χ1) is 8.00. The van der Waals surface area contributed by atoms with Gasteiger partial charge in [0.2, 0.25) is 5.91 Å². The Bertz CT molecular complexity index is 392. The normalized spacial score (nSPS) is 10.2. The number of aromatic nitrogens is 1. The van der Waals surface area contributed by atoms with Gasteiger partial charge in [-0.25, -0.2) is 0 Å². The highest BCUT2D eigenvalue weighted by atomic mass is 16.2. The van der Waals surface area contributed by atoms with Crippen molar-refractivity contribution in [2.75, 3.05) is 0 Å². The zero-order chi connectivity index (χ0) is 12.8. The smallest absolute Gasteiger partial charge is 0.247 e. The van der Waals surface area contributed by atoms with Gasteiger partial charge in [0.05, 0.1) is 12.2 Å². The number of hydrogen-bond donors (Lipinski definition) is 0. The van der Waals surface area contributed by atoms with Crippen molar-refractivity contribution in [3.63, 3.8) is 0 Å². The van der Waals surface area contributed by atoms with Crippen molar-refractivity contribution in [2.45, 2.75) is 40.3 Å². The Morgan fingerprint density at radius 3 is 2.59 bits per heavy atom. The average Bonchev–Trinajstić information content (AvgIpc) is 2.25. The van der Waals surface area contributed by atoms with Gasteiger partial charge in [-0.15, -0.1) is 0 Å². The Balaban J connectivity index is 2.81. The van der Waals surface area contributed by atoms with Gasteiger partial charge >= 0.3 is 0 Å². The van der Waals surface area contributed by atoms with Gasteiger partial charge in [0.1, 0.15) is 0 Å². The molecule has 0 aliphatic carbocycles. The van der Waals surface area contributed by atoms with Gasteiger partial charge < -0.3 is 4.90 Å². The molecule has 0 unspecified atom stereocenters. The van der Waals surface area contributed by atoms with E-state index in [1.165, 1.54) is 0 Å². The summed E-state index contributed by atoms with van der Waals surface area (Å²) in [5.74, 6) is 0.0469. The van der Waals surface area contributed by atoms with Crippen LogP contribution in [0.1, 0.15) is 33.4 Å². The number of amides is 1. The molecule has 17 heavy (non-hydrogen) atoms. The van der Waals surface area contributed by atoms with Gasteiger partial charge in [0.15, 0.2) is 0 Å². The number of carbonyl (C=O) groups excluding carboxylic acids is 1. The first-order valence-electron chi connectivity index (χ1n) is 5.86. The Hall–Kier alpha value is -1.64. The molecule has 0 spiro atoms. The standard InChI is InChI=1S/C14H20N2O/c1-11(2)9-14(17)16(12(3)4)10-13-7-5-6-8-15-13/h5-9,12H,10H2,1-4H3. The first-order valence-corrected chi connectivity index (χ1v) is 5.86. The van der Waals surface area contributed by atoms with Crippen molar-refractivity contribution in [1.82, 2.24) is 9.88 Å². The molecule has 1 aromatic heterocycles. The number of pyridine rings is 1. The summed E-state index contributed by atoms with van der Waals surface area (Å²) >= 11 is 0. The molecular formula is C14H20N2O. The lowest BCUT2D eigenvalue weighted by Gasteiger charge is -2.25. The van der Waals surface area contributed by atoms with E-state index in [9.17, 15) is 4.79 Å². The molecule has 1 heterocycles. The summed E-state index contributed by atoms with van der Waals surface area (Å²) in [7, 11) is 0. The van der Waals surface area contributed by atoms with E-state index in [-0.39, 0.29) is 11.9 Å². The van der Waals surface area contributed by atoms with Crippen molar-refractivity contribution in [1.29, 1.82) is 0 Å². The lowest BCUT2D eigenvalue weighted by molar-refractivity contribution is -0.128. The van der Waals surface area contributed by atoms with E-state index in [0.717, 1.165) is 11.3 Å². The van der Waals surface area contributed by atoms with Crippen LogP contribution >= 0.6 is 0 Å². The van der Waals surface area contributed by atoms with Gasteiger partial charge in [0.25, 0.3) is 0 Å². The monoisotopic (exact) mass is 232 g/mol. The SMILES string of the molecule is CC(C)=CC(=O)N(Cc1ccccn1)C(C)C. The Morgan fingerprint density at radius 1 is 1.41 bits per heavy atom. The number of allylic oxidation sites excluding steroid dienone is 1. The molecule has 3 heteroatoms. The highest BCUT2D eigenvalue weighted by Crippen LogP contribution is 2.08. The summed E-state index contributed by atoms with van der Waals surface area (Å²) in [5.41, 5.74) is 1.93. The molecule has 1 amide bonds. The maximum atomic E-state index is 12.0. The molecule has 0 fully saturated rings. The third-order valence-corrected chi connectivity index (χ3v) is 2.38. The van der Waals surface area contributed by atoms with Crippen LogP contribution < -0.4 is 0 Å². The zero-order valence-electron chi connectivity index (χ0n) is 11.0. The second-order valence-corrected chi connectivity index (χ2v) is 4.60. The summed E-state index contributed by atoms with van der Waals surface area (Å²) in [5, 5.41) is 0. The van der Waals surface area contributed by atoms with Crippen molar-refractivity contribution in [3.05, 3.63) is 41.7 Å². The van der Waals surface area contributed by atoms with Gasteiger partial charge in [-0.05, 0) is 39.8 Å². The predicted octanol–water partition coefficient (Wildman–Crippen LogP) is 2.78. The summed E-state index contributed by atoms with van der Waals surface area (Å²) in [6.45, 7) is 8.44. The molecule has 0 N–H and O–H groups in total. The number of hydrogen-bond acceptors (Lipinski definition) is 2.